The molecule has 0 aromatic carbocycles. The van der Waals surface area contributed by atoms with Gasteiger partial charge in [0.1, 0.15) is 22.2 Å². The van der Waals surface area contributed by atoms with Crippen LogP contribution in [0.1, 0.15) is 10.5 Å². The number of likely N-dealkylation sites (N-methyl/N-ethyl adjacent to an activating group) is 1. The number of amides is 1. The van der Waals surface area contributed by atoms with Gasteiger partial charge in [0.15, 0.2) is 6.29 Å². The molecule has 0 bridgehead atoms. The zero-order valence-corrected chi connectivity index (χ0v) is 15.6. The average Bonchev–Trinajstić information content (AvgIpc) is 3.18. The first kappa shape index (κ1) is 21.5. The molecule has 1 amide bonds. The smallest absolute Gasteiger partial charge is 0.353 e. The summed E-state index contributed by atoms with van der Waals surface area (Å²) in [4.78, 5) is 40.5. The highest BCUT2D eigenvalue weighted by atomic mass is 32.1. The molecule has 0 saturated carbocycles. The van der Waals surface area contributed by atoms with Crippen LogP contribution in [0.3, 0.4) is 0 Å². The lowest BCUT2D eigenvalue weighted by Gasteiger charge is -1.99. The molecular formula is C17H19N5O4S. The summed E-state index contributed by atoms with van der Waals surface area (Å²) in [6, 6.07) is 3.43. The summed E-state index contributed by atoms with van der Waals surface area (Å²) in [6.45, 7) is 6.72. The Hall–Kier alpha value is -3.53. The second-order valence-electron chi connectivity index (χ2n) is 4.83. The van der Waals surface area contributed by atoms with E-state index in [1.807, 2.05) is 0 Å². The molecule has 2 aromatic rings. The number of nitrogen functional groups attached to an aromatic ring is 1. The van der Waals surface area contributed by atoms with Gasteiger partial charge in [-0.3, -0.25) is 9.59 Å². The van der Waals surface area contributed by atoms with Crippen molar-refractivity contribution in [1.29, 1.82) is 0 Å². The number of ether oxygens (including phenoxy) is 1. The minimum absolute atomic E-state index is 0.00583. The minimum Gasteiger partial charge on any atom is -0.464 e. The molecule has 2 heterocycles. The number of hydrogen-bond acceptors (Lipinski definition) is 9. The molecule has 2 rings (SSSR count). The van der Waals surface area contributed by atoms with Crippen molar-refractivity contribution in [2.24, 2.45) is 0 Å². The Morgan fingerprint density at radius 1 is 1.33 bits per heavy atom. The van der Waals surface area contributed by atoms with Crippen LogP contribution >= 0.6 is 11.3 Å². The molecule has 4 N–H and O–H groups in total. The Kier molecular flexibility index (Phi) is 8.33. The predicted octanol–water partition coefficient (Wildman–Crippen LogP) is 1.12. The second-order valence-corrected chi connectivity index (χ2v) is 5.69. The monoisotopic (exact) mass is 389 g/mol. The number of aromatic nitrogens is 2. The third-order valence-electron chi connectivity index (χ3n) is 2.92. The highest BCUT2D eigenvalue weighted by molar-refractivity contribution is 7.13. The summed E-state index contributed by atoms with van der Waals surface area (Å²) >= 11 is 1.30. The van der Waals surface area contributed by atoms with Gasteiger partial charge in [0.25, 0.3) is 5.91 Å². The standard InChI is InChI=1S/C12H10N4O2S.C5H9NO2/c1-7(5-17)15-11(18)9-6-19-12(16-9)8-2-3-10(13)14-4-8;1-4(6-2)5(7)8-3/h2-6H,1H2,(H2,13,14)(H,15,18);6H,1H2,2-3H3. The second kappa shape index (κ2) is 10.5. The molecule has 10 heteroatoms. The van der Waals surface area contributed by atoms with Crippen molar-refractivity contribution in [1.82, 2.24) is 20.6 Å². The number of anilines is 1. The van der Waals surface area contributed by atoms with E-state index in [4.69, 9.17) is 5.73 Å². The maximum Gasteiger partial charge on any atom is 0.353 e. The van der Waals surface area contributed by atoms with Gasteiger partial charge in [-0.15, -0.1) is 11.3 Å². The topological polar surface area (TPSA) is 136 Å². The highest BCUT2D eigenvalue weighted by Crippen LogP contribution is 2.23. The molecular weight excluding hydrogens is 370 g/mol. The van der Waals surface area contributed by atoms with Gasteiger partial charge in [-0.1, -0.05) is 13.2 Å². The number of aldehydes is 1. The van der Waals surface area contributed by atoms with E-state index in [2.05, 4.69) is 38.5 Å². The highest BCUT2D eigenvalue weighted by Gasteiger charge is 2.12. The number of nitrogens with one attached hydrogen (secondary N) is 2. The van der Waals surface area contributed by atoms with Crippen molar-refractivity contribution in [2.45, 2.75) is 0 Å². The number of hydrogen-bond donors (Lipinski definition) is 3. The van der Waals surface area contributed by atoms with E-state index in [1.54, 1.807) is 30.8 Å². The van der Waals surface area contributed by atoms with Crippen LogP contribution in [0, 0.1) is 0 Å². The number of carbonyl (C=O) groups is 3. The van der Waals surface area contributed by atoms with E-state index in [0.717, 1.165) is 5.56 Å². The molecule has 0 aliphatic heterocycles. The summed E-state index contributed by atoms with van der Waals surface area (Å²) in [5.41, 5.74) is 6.75. The van der Waals surface area contributed by atoms with Crippen LogP contribution in [0.5, 0.6) is 0 Å². The number of pyridine rings is 1. The van der Waals surface area contributed by atoms with Gasteiger partial charge in [-0.25, -0.2) is 14.8 Å². The Balaban J connectivity index is 0.000000387. The van der Waals surface area contributed by atoms with E-state index in [1.165, 1.54) is 18.4 Å². The fraction of sp³-hybridized carbons (Fsp3) is 0.118. The molecule has 0 aliphatic carbocycles. The number of nitrogens with zero attached hydrogens (tertiary/aromatic N) is 2. The van der Waals surface area contributed by atoms with Gasteiger partial charge in [0, 0.05) is 24.2 Å². The lowest BCUT2D eigenvalue weighted by Crippen LogP contribution is -2.23. The van der Waals surface area contributed by atoms with E-state index in [0.29, 0.717) is 17.1 Å². The number of nitrogens with two attached hydrogens (primary N) is 1. The molecule has 0 atom stereocenters. The summed E-state index contributed by atoms with van der Waals surface area (Å²) in [5.74, 6) is -0.476. The van der Waals surface area contributed by atoms with Gasteiger partial charge in [0.05, 0.1) is 12.8 Å². The van der Waals surface area contributed by atoms with Crippen LogP contribution in [0.4, 0.5) is 5.82 Å². The van der Waals surface area contributed by atoms with Crippen LogP contribution in [-0.4, -0.2) is 42.3 Å². The van der Waals surface area contributed by atoms with Crippen molar-refractivity contribution in [3.05, 3.63) is 54.0 Å². The molecule has 0 saturated heterocycles. The van der Waals surface area contributed by atoms with E-state index < -0.39 is 11.9 Å². The van der Waals surface area contributed by atoms with Gasteiger partial charge in [-0.2, -0.15) is 0 Å². The number of thiazole rings is 1. The molecule has 27 heavy (non-hydrogen) atoms. The molecule has 2 aromatic heterocycles. The van der Waals surface area contributed by atoms with Crippen molar-refractivity contribution in [3.63, 3.8) is 0 Å². The third kappa shape index (κ3) is 6.71. The maximum absolute atomic E-state index is 11.7. The fourth-order valence-electron chi connectivity index (χ4n) is 1.51. The number of carbonyl (C=O) groups excluding carboxylic acids is 3. The maximum atomic E-state index is 11.7. The first-order valence-corrected chi connectivity index (χ1v) is 8.28. The molecule has 142 valence electrons. The van der Waals surface area contributed by atoms with Crippen molar-refractivity contribution in [3.8, 4) is 10.6 Å². The average molecular weight is 389 g/mol. The molecule has 0 fully saturated rings. The summed E-state index contributed by atoms with van der Waals surface area (Å²) < 4.78 is 4.30. The van der Waals surface area contributed by atoms with E-state index in [9.17, 15) is 14.4 Å². The summed E-state index contributed by atoms with van der Waals surface area (Å²) in [7, 11) is 2.92. The third-order valence-corrected chi connectivity index (χ3v) is 3.81. The van der Waals surface area contributed by atoms with E-state index >= 15 is 0 Å². The Labute approximate surface area is 160 Å². The first-order valence-electron chi connectivity index (χ1n) is 7.40. The van der Waals surface area contributed by atoms with Crippen LogP contribution < -0.4 is 16.4 Å². The number of esters is 1. The summed E-state index contributed by atoms with van der Waals surface area (Å²) in [5, 5.41) is 7.12. The Morgan fingerprint density at radius 3 is 2.52 bits per heavy atom. The van der Waals surface area contributed by atoms with Crippen LogP contribution in [-0.2, 0) is 14.3 Å². The minimum atomic E-state index is -0.469. The van der Waals surface area contributed by atoms with Crippen molar-refractivity contribution >= 4 is 35.3 Å². The van der Waals surface area contributed by atoms with Crippen LogP contribution in [0.15, 0.2) is 48.3 Å². The number of methoxy groups -OCH3 is 1. The predicted molar refractivity (Wildman–Crippen MR) is 103 cm³/mol. The molecule has 0 aliphatic rings. The quantitative estimate of drug-likeness (QED) is 0.380. The van der Waals surface area contributed by atoms with Crippen molar-refractivity contribution in [2.75, 3.05) is 19.9 Å². The van der Waals surface area contributed by atoms with E-state index in [-0.39, 0.29) is 17.1 Å². The summed E-state index contributed by atoms with van der Waals surface area (Å²) in [6.07, 6.45) is 2.05. The van der Waals surface area contributed by atoms with Crippen molar-refractivity contribution < 1.29 is 19.1 Å². The zero-order valence-electron chi connectivity index (χ0n) is 14.8. The zero-order chi connectivity index (χ0) is 20.4. The van der Waals surface area contributed by atoms with Gasteiger partial charge >= 0.3 is 5.97 Å². The van der Waals surface area contributed by atoms with Gasteiger partial charge < -0.3 is 21.1 Å². The van der Waals surface area contributed by atoms with Gasteiger partial charge in [-0.05, 0) is 12.1 Å². The lowest BCUT2D eigenvalue weighted by atomic mass is 10.3. The molecule has 9 nitrogen and oxygen atoms in total. The van der Waals surface area contributed by atoms with Crippen LogP contribution in [0.25, 0.3) is 10.6 Å². The number of allylic oxidation sites excluding steroid dienone is 1. The molecule has 0 radical (unpaired) electrons. The lowest BCUT2D eigenvalue weighted by molar-refractivity contribution is -0.136. The number of rotatable bonds is 6. The fourth-order valence-corrected chi connectivity index (χ4v) is 2.30. The SMILES string of the molecule is C=C(C=O)NC(=O)c1csc(-c2ccc(N)nc2)n1.C=C(NC)C(=O)OC. The molecule has 0 spiro atoms. The first-order chi connectivity index (χ1) is 12.8. The molecule has 0 unspecified atom stereocenters. The normalized spacial score (nSPS) is 9.26. The largest absolute Gasteiger partial charge is 0.464 e. The van der Waals surface area contributed by atoms with Gasteiger partial charge in [0.2, 0.25) is 0 Å². The Bertz CT molecular complexity index is 831. The Morgan fingerprint density at radius 2 is 2.04 bits per heavy atom. The van der Waals surface area contributed by atoms with Crippen LogP contribution in [0.2, 0.25) is 0 Å².